The molecular weight excluding hydrogens is 260 g/mol. The van der Waals surface area contributed by atoms with E-state index in [1.54, 1.807) is 6.20 Å². The van der Waals surface area contributed by atoms with Crippen LogP contribution in [0.5, 0.6) is 0 Å². The van der Waals surface area contributed by atoms with E-state index in [4.69, 9.17) is 17.3 Å². The van der Waals surface area contributed by atoms with Gasteiger partial charge in [-0.25, -0.2) is 9.97 Å². The molecule has 98 valence electrons. The zero-order valence-electron chi connectivity index (χ0n) is 10.5. The van der Waals surface area contributed by atoms with Crippen LogP contribution in [-0.2, 0) is 0 Å². The standard InChI is InChI=1S/C14H15ClN4/c15-8-4-9-13(17-5-8)19(14(16)18-9)12-10-6-1-2-7(3-6)11(10)12/h4-7,10-12H,1-3H2,(H2,16,18). The van der Waals surface area contributed by atoms with Gasteiger partial charge in [0.25, 0.3) is 0 Å². The van der Waals surface area contributed by atoms with Gasteiger partial charge >= 0.3 is 0 Å². The number of nitrogens with two attached hydrogens (primary N) is 1. The molecule has 0 radical (unpaired) electrons. The summed E-state index contributed by atoms with van der Waals surface area (Å²) < 4.78 is 2.17. The summed E-state index contributed by atoms with van der Waals surface area (Å²) in [6, 6.07) is 2.40. The van der Waals surface area contributed by atoms with Crippen LogP contribution >= 0.6 is 11.6 Å². The Labute approximate surface area is 116 Å². The summed E-state index contributed by atoms with van der Waals surface area (Å²) in [4.78, 5) is 8.88. The topological polar surface area (TPSA) is 56.7 Å². The third-order valence-corrected chi connectivity index (χ3v) is 5.72. The van der Waals surface area contributed by atoms with Crippen LogP contribution in [0.2, 0.25) is 5.02 Å². The smallest absolute Gasteiger partial charge is 0.202 e. The minimum absolute atomic E-state index is 0.546. The first-order valence-corrected chi connectivity index (χ1v) is 7.41. The zero-order valence-corrected chi connectivity index (χ0v) is 11.2. The molecule has 2 bridgehead atoms. The highest BCUT2D eigenvalue weighted by atomic mass is 35.5. The van der Waals surface area contributed by atoms with Crippen molar-refractivity contribution in [2.24, 2.45) is 23.7 Å². The van der Waals surface area contributed by atoms with Gasteiger partial charge in [0.1, 0.15) is 5.52 Å². The summed E-state index contributed by atoms with van der Waals surface area (Å²) in [5.74, 6) is 4.10. The predicted molar refractivity (Wildman–Crippen MR) is 73.8 cm³/mol. The van der Waals surface area contributed by atoms with Crippen LogP contribution in [0.25, 0.3) is 11.2 Å². The van der Waals surface area contributed by atoms with Gasteiger partial charge in [0, 0.05) is 12.2 Å². The lowest BCUT2D eigenvalue weighted by molar-refractivity contribution is 0.456. The summed E-state index contributed by atoms with van der Waals surface area (Å²) in [5.41, 5.74) is 7.85. The minimum atomic E-state index is 0.546. The van der Waals surface area contributed by atoms with Crippen LogP contribution in [0.15, 0.2) is 12.3 Å². The number of pyridine rings is 1. The van der Waals surface area contributed by atoms with E-state index in [0.717, 1.165) is 34.8 Å². The van der Waals surface area contributed by atoms with E-state index in [1.807, 2.05) is 6.07 Å². The first-order valence-electron chi connectivity index (χ1n) is 7.03. The number of nitrogens with zero attached hydrogens (tertiary/aromatic N) is 3. The van der Waals surface area contributed by atoms with Crippen molar-refractivity contribution < 1.29 is 0 Å². The van der Waals surface area contributed by atoms with Crippen molar-refractivity contribution in [2.45, 2.75) is 25.3 Å². The highest BCUT2D eigenvalue weighted by Gasteiger charge is 2.66. The van der Waals surface area contributed by atoms with Crippen molar-refractivity contribution in [3.8, 4) is 0 Å². The highest BCUT2D eigenvalue weighted by molar-refractivity contribution is 6.31. The van der Waals surface area contributed by atoms with Crippen LogP contribution in [0.4, 0.5) is 5.95 Å². The van der Waals surface area contributed by atoms with Gasteiger partial charge < -0.3 is 5.73 Å². The third-order valence-electron chi connectivity index (χ3n) is 5.52. The molecule has 4 atom stereocenters. The van der Waals surface area contributed by atoms with Gasteiger partial charge in [-0.05, 0) is 49.0 Å². The molecule has 0 aromatic carbocycles. The van der Waals surface area contributed by atoms with Gasteiger partial charge in [-0.3, -0.25) is 4.57 Å². The molecule has 5 rings (SSSR count). The average Bonchev–Trinajstić information content (AvgIpc) is 2.74. The summed E-state index contributed by atoms with van der Waals surface area (Å²) >= 11 is 5.98. The van der Waals surface area contributed by atoms with Crippen molar-refractivity contribution in [3.05, 3.63) is 17.3 Å². The molecule has 0 saturated heterocycles. The molecule has 3 aliphatic carbocycles. The number of fused-ring (bicyclic) bond motifs is 6. The fraction of sp³-hybridized carbons (Fsp3) is 0.571. The molecule has 4 unspecified atom stereocenters. The maximum Gasteiger partial charge on any atom is 0.202 e. The van der Waals surface area contributed by atoms with Gasteiger partial charge in [-0.2, -0.15) is 0 Å². The minimum Gasteiger partial charge on any atom is -0.369 e. The first kappa shape index (κ1) is 10.5. The molecule has 0 aliphatic heterocycles. The van der Waals surface area contributed by atoms with E-state index in [-0.39, 0.29) is 0 Å². The molecule has 2 N–H and O–H groups in total. The van der Waals surface area contributed by atoms with Crippen molar-refractivity contribution >= 4 is 28.7 Å². The number of halogens is 1. The second kappa shape index (κ2) is 3.23. The highest BCUT2D eigenvalue weighted by Crippen LogP contribution is 2.72. The van der Waals surface area contributed by atoms with Crippen molar-refractivity contribution in [1.29, 1.82) is 0 Å². The van der Waals surface area contributed by atoms with E-state index in [1.165, 1.54) is 19.3 Å². The van der Waals surface area contributed by atoms with Gasteiger partial charge in [-0.1, -0.05) is 11.6 Å². The fourth-order valence-corrected chi connectivity index (χ4v) is 5.05. The number of anilines is 1. The van der Waals surface area contributed by atoms with Gasteiger partial charge in [-0.15, -0.1) is 0 Å². The van der Waals surface area contributed by atoms with Gasteiger partial charge in [0.05, 0.1) is 5.02 Å². The lowest BCUT2D eigenvalue weighted by Crippen LogP contribution is -2.08. The molecule has 2 heterocycles. The number of hydrogen-bond acceptors (Lipinski definition) is 3. The molecule has 2 aromatic rings. The first-order chi connectivity index (χ1) is 9.24. The van der Waals surface area contributed by atoms with Crippen molar-refractivity contribution in [3.63, 3.8) is 0 Å². The Balaban J connectivity index is 1.65. The maximum atomic E-state index is 6.13. The summed E-state index contributed by atoms with van der Waals surface area (Å²) in [7, 11) is 0. The Morgan fingerprint density at radius 2 is 2.00 bits per heavy atom. The molecule has 0 amide bonds. The van der Waals surface area contributed by atoms with Crippen LogP contribution in [0.3, 0.4) is 0 Å². The van der Waals surface area contributed by atoms with Crippen molar-refractivity contribution in [1.82, 2.24) is 14.5 Å². The Morgan fingerprint density at radius 3 is 2.74 bits per heavy atom. The zero-order chi connectivity index (χ0) is 12.7. The molecule has 3 aliphatic rings. The summed E-state index contributed by atoms with van der Waals surface area (Å²) in [5, 5.41) is 0.619. The maximum absolute atomic E-state index is 6.13. The molecular formula is C14H15ClN4. The van der Waals surface area contributed by atoms with E-state index in [2.05, 4.69) is 14.5 Å². The fourth-order valence-electron chi connectivity index (χ4n) is 4.89. The average molecular weight is 275 g/mol. The van der Waals surface area contributed by atoms with Gasteiger partial charge in [0.2, 0.25) is 5.95 Å². The SMILES string of the molecule is Nc1nc2cc(Cl)cnc2n1C1C2C3CCC(C3)C21. The number of aromatic nitrogens is 3. The summed E-state index contributed by atoms with van der Waals surface area (Å²) in [6.07, 6.45) is 5.95. The van der Waals surface area contributed by atoms with Crippen LogP contribution in [-0.4, -0.2) is 14.5 Å². The lowest BCUT2D eigenvalue weighted by atomic mass is 10.0. The Kier molecular flexibility index (Phi) is 1.79. The van der Waals surface area contributed by atoms with E-state index < -0.39 is 0 Å². The van der Waals surface area contributed by atoms with Gasteiger partial charge in [0.15, 0.2) is 5.65 Å². The quantitative estimate of drug-likeness (QED) is 0.870. The largest absolute Gasteiger partial charge is 0.369 e. The van der Waals surface area contributed by atoms with Crippen LogP contribution in [0, 0.1) is 23.7 Å². The Hall–Kier alpha value is -1.29. The van der Waals surface area contributed by atoms with E-state index in [9.17, 15) is 0 Å². The van der Waals surface area contributed by atoms with E-state index in [0.29, 0.717) is 17.0 Å². The molecule has 5 heteroatoms. The number of rotatable bonds is 1. The predicted octanol–water partition coefficient (Wildman–Crippen LogP) is 2.88. The lowest BCUT2D eigenvalue weighted by Gasteiger charge is -2.11. The van der Waals surface area contributed by atoms with Crippen LogP contribution in [0.1, 0.15) is 25.3 Å². The second-order valence-corrected chi connectivity index (χ2v) is 6.75. The van der Waals surface area contributed by atoms with Crippen molar-refractivity contribution in [2.75, 3.05) is 5.73 Å². The monoisotopic (exact) mass is 274 g/mol. The normalized spacial score (nSPS) is 38.9. The molecule has 3 saturated carbocycles. The van der Waals surface area contributed by atoms with Crippen LogP contribution < -0.4 is 5.73 Å². The van der Waals surface area contributed by atoms with E-state index >= 15 is 0 Å². The molecule has 2 aromatic heterocycles. The molecule has 3 fully saturated rings. The third kappa shape index (κ3) is 1.21. The molecule has 4 nitrogen and oxygen atoms in total. The number of imidazole rings is 1. The molecule has 19 heavy (non-hydrogen) atoms. The Morgan fingerprint density at radius 1 is 1.26 bits per heavy atom. The number of hydrogen-bond donors (Lipinski definition) is 1. The second-order valence-electron chi connectivity index (χ2n) is 6.31. The summed E-state index contributed by atoms with van der Waals surface area (Å²) in [6.45, 7) is 0. The number of nitrogen functional groups attached to an aromatic ring is 1. The Bertz CT molecular complexity index is 678. The molecule has 0 spiro atoms.